The number of halogens is 3. The zero-order valence-corrected chi connectivity index (χ0v) is 7.01. The summed E-state index contributed by atoms with van der Waals surface area (Å²) in [6.45, 7) is -1.38. The lowest BCUT2D eigenvalue weighted by Crippen LogP contribution is -2.19. The molecular weight excluding hydrogens is 195 g/mol. The fraction of sp³-hybridized carbons (Fsp3) is 0.222. The normalized spacial score (nSPS) is 10.7. The molecule has 1 aromatic rings. The Hall–Kier alpha value is -1.70. The van der Waals surface area contributed by atoms with E-state index in [-0.39, 0.29) is 11.3 Å². The van der Waals surface area contributed by atoms with Gasteiger partial charge in [0.05, 0.1) is 5.56 Å². The van der Waals surface area contributed by atoms with E-state index in [9.17, 15) is 13.2 Å². The highest BCUT2D eigenvalue weighted by molar-refractivity contribution is 5.42. The maximum absolute atomic E-state index is 11.8. The summed E-state index contributed by atoms with van der Waals surface area (Å²) in [4.78, 5) is 0. The Morgan fingerprint density at radius 3 is 2.50 bits per heavy atom. The molecule has 2 nitrogen and oxygen atoms in total. The second kappa shape index (κ2) is 4.01. The molecular formula is C9H6F3NO. The number of nitriles is 1. The molecule has 0 saturated heterocycles. The SMILES string of the molecule is N#Cc1ccccc1OCC(F)(F)F. The highest BCUT2D eigenvalue weighted by atomic mass is 19.4. The van der Waals surface area contributed by atoms with Gasteiger partial charge in [-0.25, -0.2) is 0 Å². The molecule has 0 aromatic heterocycles. The van der Waals surface area contributed by atoms with E-state index < -0.39 is 12.8 Å². The minimum absolute atomic E-state index is 0.0488. The molecule has 0 saturated carbocycles. The Kier molecular flexibility index (Phi) is 2.97. The predicted octanol–water partition coefficient (Wildman–Crippen LogP) is 2.50. The third-order valence-corrected chi connectivity index (χ3v) is 1.40. The lowest BCUT2D eigenvalue weighted by Gasteiger charge is -2.09. The standard InChI is InChI=1S/C9H6F3NO/c10-9(11,12)6-14-8-4-2-1-3-7(8)5-13/h1-4H,6H2. The topological polar surface area (TPSA) is 33.0 Å². The van der Waals surface area contributed by atoms with Gasteiger partial charge in [-0.1, -0.05) is 12.1 Å². The average molecular weight is 201 g/mol. The summed E-state index contributed by atoms with van der Waals surface area (Å²) in [5, 5.41) is 8.54. The van der Waals surface area contributed by atoms with Crippen LogP contribution in [0, 0.1) is 11.3 Å². The lowest BCUT2D eigenvalue weighted by atomic mass is 10.2. The zero-order chi connectivity index (χ0) is 10.6. The number of benzene rings is 1. The van der Waals surface area contributed by atoms with E-state index in [4.69, 9.17) is 5.26 Å². The number of hydrogen-bond donors (Lipinski definition) is 0. The van der Waals surface area contributed by atoms with Crippen LogP contribution in [0.15, 0.2) is 24.3 Å². The van der Waals surface area contributed by atoms with E-state index in [0.29, 0.717) is 0 Å². The van der Waals surface area contributed by atoms with Crippen LogP contribution < -0.4 is 4.74 Å². The zero-order valence-electron chi connectivity index (χ0n) is 7.01. The van der Waals surface area contributed by atoms with E-state index in [2.05, 4.69) is 4.74 Å². The monoisotopic (exact) mass is 201 g/mol. The minimum Gasteiger partial charge on any atom is -0.483 e. The van der Waals surface area contributed by atoms with Crippen LogP contribution in [0.5, 0.6) is 5.75 Å². The van der Waals surface area contributed by atoms with Crippen molar-refractivity contribution >= 4 is 0 Å². The Morgan fingerprint density at radius 2 is 1.93 bits per heavy atom. The molecule has 0 N–H and O–H groups in total. The van der Waals surface area contributed by atoms with Crippen molar-refractivity contribution in [3.05, 3.63) is 29.8 Å². The minimum atomic E-state index is -4.39. The van der Waals surface area contributed by atoms with Crippen molar-refractivity contribution in [3.63, 3.8) is 0 Å². The molecule has 74 valence electrons. The first kappa shape index (κ1) is 10.4. The van der Waals surface area contributed by atoms with Crippen LogP contribution in [0.25, 0.3) is 0 Å². The number of alkyl halides is 3. The van der Waals surface area contributed by atoms with Gasteiger partial charge >= 0.3 is 6.18 Å². The first-order valence-corrected chi connectivity index (χ1v) is 3.71. The maximum atomic E-state index is 11.8. The fourth-order valence-corrected chi connectivity index (χ4v) is 0.844. The quantitative estimate of drug-likeness (QED) is 0.736. The first-order valence-electron chi connectivity index (χ1n) is 3.71. The molecule has 0 fully saturated rings. The van der Waals surface area contributed by atoms with E-state index in [0.717, 1.165) is 0 Å². The van der Waals surface area contributed by atoms with Crippen molar-refractivity contribution in [2.24, 2.45) is 0 Å². The van der Waals surface area contributed by atoms with E-state index >= 15 is 0 Å². The predicted molar refractivity (Wildman–Crippen MR) is 42.7 cm³/mol. The molecule has 0 radical (unpaired) electrons. The Balaban J connectivity index is 2.73. The summed E-state index contributed by atoms with van der Waals surface area (Å²) in [6.07, 6.45) is -4.39. The average Bonchev–Trinajstić information content (AvgIpc) is 2.14. The number of para-hydroxylation sites is 1. The van der Waals surface area contributed by atoms with E-state index in [1.165, 1.54) is 18.2 Å². The molecule has 0 bridgehead atoms. The molecule has 0 unspecified atom stereocenters. The van der Waals surface area contributed by atoms with Gasteiger partial charge in [-0.05, 0) is 12.1 Å². The molecule has 14 heavy (non-hydrogen) atoms. The molecule has 0 atom stereocenters. The van der Waals surface area contributed by atoms with Crippen LogP contribution in [-0.4, -0.2) is 12.8 Å². The number of nitrogens with zero attached hydrogens (tertiary/aromatic N) is 1. The summed E-state index contributed by atoms with van der Waals surface area (Å²) in [5.41, 5.74) is 0.0942. The summed E-state index contributed by atoms with van der Waals surface area (Å²) < 4.78 is 39.8. The van der Waals surface area contributed by atoms with Crippen molar-refractivity contribution < 1.29 is 17.9 Å². The number of rotatable bonds is 2. The highest BCUT2D eigenvalue weighted by Crippen LogP contribution is 2.21. The number of ether oxygens (including phenoxy) is 1. The van der Waals surface area contributed by atoms with Gasteiger partial charge in [0, 0.05) is 0 Å². The Morgan fingerprint density at radius 1 is 1.29 bits per heavy atom. The number of hydrogen-bond acceptors (Lipinski definition) is 2. The van der Waals surface area contributed by atoms with Crippen molar-refractivity contribution in [3.8, 4) is 11.8 Å². The van der Waals surface area contributed by atoms with Gasteiger partial charge < -0.3 is 4.74 Å². The first-order chi connectivity index (χ1) is 6.53. The van der Waals surface area contributed by atoms with Gasteiger partial charge in [-0.15, -0.1) is 0 Å². The van der Waals surface area contributed by atoms with Crippen LogP contribution in [0.2, 0.25) is 0 Å². The van der Waals surface area contributed by atoms with E-state index in [1.807, 2.05) is 0 Å². The highest BCUT2D eigenvalue weighted by Gasteiger charge is 2.28. The van der Waals surface area contributed by atoms with Gasteiger partial charge in [-0.2, -0.15) is 18.4 Å². The van der Waals surface area contributed by atoms with Gasteiger partial charge in [-0.3, -0.25) is 0 Å². The third kappa shape index (κ3) is 2.98. The van der Waals surface area contributed by atoms with Crippen LogP contribution in [0.1, 0.15) is 5.56 Å². The molecule has 1 aromatic carbocycles. The van der Waals surface area contributed by atoms with Gasteiger partial charge in [0.2, 0.25) is 0 Å². The third-order valence-electron chi connectivity index (χ3n) is 1.40. The fourth-order valence-electron chi connectivity index (χ4n) is 0.844. The van der Waals surface area contributed by atoms with Crippen LogP contribution in [-0.2, 0) is 0 Å². The smallest absolute Gasteiger partial charge is 0.422 e. The van der Waals surface area contributed by atoms with Crippen LogP contribution in [0.3, 0.4) is 0 Å². The summed E-state index contributed by atoms with van der Waals surface area (Å²) in [6, 6.07) is 7.52. The maximum Gasteiger partial charge on any atom is 0.422 e. The lowest BCUT2D eigenvalue weighted by molar-refractivity contribution is -0.153. The second-order valence-electron chi connectivity index (χ2n) is 2.51. The molecule has 0 spiro atoms. The molecule has 0 aliphatic heterocycles. The molecule has 0 aliphatic carbocycles. The van der Waals surface area contributed by atoms with Crippen molar-refractivity contribution in [1.82, 2.24) is 0 Å². The van der Waals surface area contributed by atoms with Gasteiger partial charge in [0.15, 0.2) is 6.61 Å². The van der Waals surface area contributed by atoms with Crippen LogP contribution >= 0.6 is 0 Å². The Bertz CT molecular complexity index is 354. The summed E-state index contributed by atoms with van der Waals surface area (Å²) in [5.74, 6) is -0.0488. The van der Waals surface area contributed by atoms with Crippen molar-refractivity contribution in [1.29, 1.82) is 5.26 Å². The Labute approximate surface area is 78.5 Å². The molecule has 5 heteroatoms. The molecule has 0 heterocycles. The van der Waals surface area contributed by atoms with Crippen molar-refractivity contribution in [2.45, 2.75) is 6.18 Å². The van der Waals surface area contributed by atoms with Crippen molar-refractivity contribution in [2.75, 3.05) is 6.61 Å². The molecule has 0 amide bonds. The molecule has 0 aliphatic rings. The van der Waals surface area contributed by atoms with Crippen LogP contribution in [0.4, 0.5) is 13.2 Å². The second-order valence-corrected chi connectivity index (χ2v) is 2.51. The van der Waals surface area contributed by atoms with Gasteiger partial charge in [0.1, 0.15) is 11.8 Å². The summed E-state index contributed by atoms with van der Waals surface area (Å²) in [7, 11) is 0. The van der Waals surface area contributed by atoms with E-state index in [1.54, 1.807) is 12.1 Å². The molecule has 1 rings (SSSR count). The summed E-state index contributed by atoms with van der Waals surface area (Å²) >= 11 is 0. The van der Waals surface area contributed by atoms with Gasteiger partial charge in [0.25, 0.3) is 0 Å². The largest absolute Gasteiger partial charge is 0.483 e.